The molecule has 4 nitrogen and oxygen atoms in total. The van der Waals surface area contributed by atoms with Crippen LogP contribution in [0.5, 0.6) is 5.75 Å². The summed E-state index contributed by atoms with van der Waals surface area (Å²) >= 11 is 12.0. The van der Waals surface area contributed by atoms with Gasteiger partial charge in [-0.1, -0.05) is 23.2 Å². The van der Waals surface area contributed by atoms with E-state index < -0.39 is 0 Å². The Kier molecular flexibility index (Phi) is 5.58. The molecule has 5 rings (SSSR count). The Morgan fingerprint density at radius 2 is 1.59 bits per heavy atom. The second-order valence-electron chi connectivity index (χ2n) is 7.19. The fourth-order valence-corrected chi connectivity index (χ4v) is 4.35. The third-order valence-corrected chi connectivity index (χ3v) is 6.01. The van der Waals surface area contributed by atoms with Gasteiger partial charge in [0.2, 0.25) is 0 Å². The predicted octanol–water partition coefficient (Wildman–Crippen LogP) is 4.50. The average Bonchev–Trinajstić information content (AvgIpc) is 2.70. The van der Waals surface area contributed by atoms with Crippen molar-refractivity contribution in [3.05, 3.63) is 58.6 Å². The first-order valence-corrected chi connectivity index (χ1v) is 10.0. The molecule has 0 saturated carbocycles. The summed E-state index contributed by atoms with van der Waals surface area (Å²) in [6, 6.07) is 14.7. The van der Waals surface area contributed by atoms with E-state index in [2.05, 4.69) is 4.90 Å². The molecule has 0 aliphatic carbocycles. The van der Waals surface area contributed by atoms with Crippen molar-refractivity contribution in [1.29, 1.82) is 0 Å². The maximum atomic E-state index is 13.2. The zero-order valence-corrected chi connectivity index (χ0v) is 16.5. The Bertz CT molecular complexity index is 787. The third kappa shape index (κ3) is 4.23. The van der Waals surface area contributed by atoms with Crippen LogP contribution in [0.3, 0.4) is 0 Å². The first-order valence-electron chi connectivity index (χ1n) is 9.28. The topological polar surface area (TPSA) is 32.8 Å². The number of piperidine rings is 3. The van der Waals surface area contributed by atoms with Gasteiger partial charge in [0, 0.05) is 22.3 Å². The Labute approximate surface area is 169 Å². The van der Waals surface area contributed by atoms with Gasteiger partial charge in [0.05, 0.1) is 6.04 Å². The Balaban J connectivity index is 1.54. The standard InChI is InChI=1S/C21H22Cl2N2O2/c22-16-1-5-18(6-2-16)25(20-13-24-11-9-15(20)10-12-24)21(26)14-27-19-7-3-17(23)4-8-19/h1-8,15,20H,9-14H2/t20-/m1/s1. The molecule has 2 aromatic carbocycles. The first kappa shape index (κ1) is 18.6. The Hall–Kier alpha value is -1.75. The molecular weight excluding hydrogens is 383 g/mol. The maximum absolute atomic E-state index is 13.2. The molecule has 2 bridgehead atoms. The van der Waals surface area contributed by atoms with Crippen molar-refractivity contribution in [2.75, 3.05) is 31.1 Å². The van der Waals surface area contributed by atoms with Crippen molar-refractivity contribution in [2.45, 2.75) is 18.9 Å². The van der Waals surface area contributed by atoms with E-state index in [0.29, 0.717) is 21.7 Å². The summed E-state index contributed by atoms with van der Waals surface area (Å²) in [6.45, 7) is 3.17. The number of halogens is 2. The van der Waals surface area contributed by atoms with Gasteiger partial charge in [-0.25, -0.2) is 0 Å². The van der Waals surface area contributed by atoms with Crippen molar-refractivity contribution in [3.8, 4) is 5.75 Å². The second-order valence-corrected chi connectivity index (χ2v) is 8.06. The van der Waals surface area contributed by atoms with Crippen LogP contribution in [0.25, 0.3) is 0 Å². The number of carbonyl (C=O) groups is 1. The molecule has 0 aromatic heterocycles. The van der Waals surface area contributed by atoms with Crippen LogP contribution in [0.1, 0.15) is 12.8 Å². The summed E-state index contributed by atoms with van der Waals surface area (Å²) in [7, 11) is 0. The van der Waals surface area contributed by atoms with Gasteiger partial charge in [-0.2, -0.15) is 0 Å². The summed E-state index contributed by atoms with van der Waals surface area (Å²) in [4.78, 5) is 17.5. The molecule has 0 radical (unpaired) electrons. The quantitative estimate of drug-likeness (QED) is 0.735. The van der Waals surface area contributed by atoms with Crippen molar-refractivity contribution in [2.24, 2.45) is 5.92 Å². The van der Waals surface area contributed by atoms with Crippen LogP contribution in [-0.4, -0.2) is 43.1 Å². The lowest BCUT2D eigenvalue weighted by atomic mass is 9.83. The van der Waals surface area contributed by atoms with Gasteiger partial charge < -0.3 is 14.5 Å². The van der Waals surface area contributed by atoms with Gasteiger partial charge in [-0.3, -0.25) is 4.79 Å². The largest absolute Gasteiger partial charge is 0.484 e. The van der Waals surface area contributed by atoms with Gasteiger partial charge in [-0.05, 0) is 80.4 Å². The van der Waals surface area contributed by atoms with E-state index in [1.54, 1.807) is 24.3 Å². The monoisotopic (exact) mass is 404 g/mol. The Morgan fingerprint density at radius 3 is 2.15 bits per heavy atom. The molecule has 2 aromatic rings. The van der Waals surface area contributed by atoms with Crippen molar-refractivity contribution in [1.82, 2.24) is 4.90 Å². The minimum absolute atomic E-state index is 0.00647. The van der Waals surface area contributed by atoms with E-state index in [9.17, 15) is 4.79 Å². The number of carbonyl (C=O) groups excluding carboxylic acids is 1. The van der Waals surface area contributed by atoms with Crippen LogP contribution in [-0.2, 0) is 4.79 Å². The molecule has 3 heterocycles. The van der Waals surface area contributed by atoms with Crippen molar-refractivity contribution < 1.29 is 9.53 Å². The zero-order valence-electron chi connectivity index (χ0n) is 15.0. The molecule has 3 aliphatic rings. The van der Waals surface area contributed by atoms with Crippen LogP contribution in [0.2, 0.25) is 10.0 Å². The summed E-state index contributed by atoms with van der Waals surface area (Å²) < 4.78 is 5.73. The lowest BCUT2D eigenvalue weighted by Crippen LogP contribution is -2.59. The number of anilines is 1. The highest BCUT2D eigenvalue weighted by molar-refractivity contribution is 6.30. The maximum Gasteiger partial charge on any atom is 0.265 e. The van der Waals surface area contributed by atoms with Gasteiger partial charge >= 0.3 is 0 Å². The number of nitrogens with zero attached hydrogens (tertiary/aromatic N) is 2. The minimum atomic E-state index is -0.0361. The molecular formula is C21H22Cl2N2O2. The molecule has 3 fully saturated rings. The normalized spacial score (nSPS) is 23.9. The zero-order chi connectivity index (χ0) is 18.8. The highest BCUT2D eigenvalue weighted by atomic mass is 35.5. The fourth-order valence-electron chi connectivity index (χ4n) is 4.09. The SMILES string of the molecule is O=C(COc1ccc(Cl)cc1)N(c1ccc(Cl)cc1)[C@@H]1CN2CCC1CC2. The molecule has 3 aliphatic heterocycles. The molecule has 0 N–H and O–H groups in total. The van der Waals surface area contributed by atoms with E-state index in [1.165, 1.54) is 0 Å². The lowest BCUT2D eigenvalue weighted by Gasteiger charge is -2.49. The van der Waals surface area contributed by atoms with Crippen LogP contribution < -0.4 is 9.64 Å². The summed E-state index contributed by atoms with van der Waals surface area (Å²) in [5.41, 5.74) is 0.878. The summed E-state index contributed by atoms with van der Waals surface area (Å²) in [5.74, 6) is 1.13. The van der Waals surface area contributed by atoms with E-state index in [4.69, 9.17) is 27.9 Å². The highest BCUT2D eigenvalue weighted by Gasteiger charge is 2.40. The highest BCUT2D eigenvalue weighted by Crippen LogP contribution is 2.34. The van der Waals surface area contributed by atoms with Crippen LogP contribution in [0.15, 0.2) is 48.5 Å². The molecule has 3 saturated heterocycles. The molecule has 0 unspecified atom stereocenters. The molecule has 6 heteroatoms. The molecule has 1 atom stereocenters. The number of benzene rings is 2. The third-order valence-electron chi connectivity index (χ3n) is 5.50. The van der Waals surface area contributed by atoms with Gasteiger partial charge in [0.15, 0.2) is 6.61 Å². The van der Waals surface area contributed by atoms with Crippen LogP contribution in [0, 0.1) is 5.92 Å². The molecule has 27 heavy (non-hydrogen) atoms. The summed E-state index contributed by atoms with van der Waals surface area (Å²) in [6.07, 6.45) is 2.28. The smallest absolute Gasteiger partial charge is 0.265 e. The van der Waals surface area contributed by atoms with Crippen LogP contribution in [0.4, 0.5) is 5.69 Å². The van der Waals surface area contributed by atoms with E-state index in [1.807, 2.05) is 29.2 Å². The van der Waals surface area contributed by atoms with E-state index in [-0.39, 0.29) is 18.6 Å². The van der Waals surface area contributed by atoms with Gasteiger partial charge in [0.1, 0.15) is 5.75 Å². The van der Waals surface area contributed by atoms with Crippen LogP contribution >= 0.6 is 23.2 Å². The first-order chi connectivity index (χ1) is 13.1. The minimum Gasteiger partial charge on any atom is -0.484 e. The van der Waals surface area contributed by atoms with Gasteiger partial charge in [0.25, 0.3) is 5.91 Å². The predicted molar refractivity (Wildman–Crippen MR) is 109 cm³/mol. The van der Waals surface area contributed by atoms with Gasteiger partial charge in [-0.15, -0.1) is 0 Å². The number of hydrogen-bond donors (Lipinski definition) is 0. The molecule has 0 spiro atoms. The van der Waals surface area contributed by atoms with E-state index in [0.717, 1.165) is 38.2 Å². The number of ether oxygens (including phenoxy) is 1. The molecule has 142 valence electrons. The lowest BCUT2D eigenvalue weighted by molar-refractivity contribution is -0.122. The molecule has 1 amide bonds. The number of rotatable bonds is 5. The Morgan fingerprint density at radius 1 is 1.00 bits per heavy atom. The van der Waals surface area contributed by atoms with Crippen molar-refractivity contribution >= 4 is 34.8 Å². The number of hydrogen-bond acceptors (Lipinski definition) is 3. The van der Waals surface area contributed by atoms with E-state index >= 15 is 0 Å². The second kappa shape index (κ2) is 8.09. The summed E-state index contributed by atoms with van der Waals surface area (Å²) in [5, 5.41) is 1.31. The number of amides is 1. The fraction of sp³-hybridized carbons (Fsp3) is 0.381. The average molecular weight is 405 g/mol. The van der Waals surface area contributed by atoms with Crippen molar-refractivity contribution in [3.63, 3.8) is 0 Å². The number of fused-ring (bicyclic) bond motifs is 3.